The molecule has 1 aromatic heterocycles. The van der Waals surface area contributed by atoms with E-state index in [0.717, 1.165) is 10.0 Å². The molecule has 7 heteroatoms. The minimum Gasteiger partial charge on any atom is -0.308 e. The zero-order chi connectivity index (χ0) is 11.3. The fraction of sp³-hybridized carbons (Fsp3) is 0.625. The van der Waals surface area contributed by atoms with Gasteiger partial charge < -0.3 is 5.32 Å². The number of hydrogen-bond acceptors (Lipinski definition) is 4. The molecule has 0 spiro atoms. The van der Waals surface area contributed by atoms with Gasteiger partial charge in [0.1, 0.15) is 4.34 Å². The lowest BCUT2D eigenvalue weighted by molar-refractivity contribution is -0.124. The third kappa shape index (κ3) is 6.01. The van der Waals surface area contributed by atoms with E-state index in [1.54, 1.807) is 0 Å². The number of nitrogens with one attached hydrogen (secondary N) is 1. The number of thioether (sulfide) groups is 1. The van der Waals surface area contributed by atoms with Gasteiger partial charge >= 0.3 is 6.18 Å². The van der Waals surface area contributed by atoms with Crippen molar-refractivity contribution in [3.05, 3.63) is 11.1 Å². The van der Waals surface area contributed by atoms with Gasteiger partial charge in [-0.1, -0.05) is 11.8 Å². The third-order valence-corrected chi connectivity index (χ3v) is 3.57. The van der Waals surface area contributed by atoms with Crippen LogP contribution in [0, 0.1) is 6.92 Å². The number of nitrogens with zero attached hydrogens (tertiary/aromatic N) is 1. The van der Waals surface area contributed by atoms with Crippen LogP contribution in [0.2, 0.25) is 0 Å². The van der Waals surface area contributed by atoms with Crippen molar-refractivity contribution in [2.24, 2.45) is 0 Å². The molecule has 15 heavy (non-hydrogen) atoms. The van der Waals surface area contributed by atoms with Gasteiger partial charge in [-0.15, -0.1) is 11.3 Å². The molecule has 1 aromatic rings. The number of halogens is 3. The summed E-state index contributed by atoms with van der Waals surface area (Å²) in [4.78, 5) is 4.19. The first-order valence-corrected chi connectivity index (χ1v) is 6.16. The Hall–Kier alpha value is -0.270. The molecule has 0 radical (unpaired) electrons. The second kappa shape index (κ2) is 5.72. The quantitative estimate of drug-likeness (QED) is 0.647. The number of hydrogen-bond donors (Lipinski definition) is 1. The molecule has 86 valence electrons. The van der Waals surface area contributed by atoms with Crippen molar-refractivity contribution < 1.29 is 13.2 Å². The van der Waals surface area contributed by atoms with Crippen molar-refractivity contribution in [2.75, 3.05) is 18.8 Å². The van der Waals surface area contributed by atoms with E-state index in [-0.39, 0.29) is 0 Å². The molecule has 1 rings (SSSR count). The smallest absolute Gasteiger partial charge is 0.308 e. The van der Waals surface area contributed by atoms with E-state index in [1.807, 2.05) is 12.3 Å². The van der Waals surface area contributed by atoms with Crippen LogP contribution in [0.15, 0.2) is 9.72 Å². The summed E-state index contributed by atoms with van der Waals surface area (Å²) in [5.41, 5.74) is 0.950. The van der Waals surface area contributed by atoms with Crippen LogP contribution in [0.5, 0.6) is 0 Å². The van der Waals surface area contributed by atoms with Gasteiger partial charge in [0.2, 0.25) is 0 Å². The molecule has 0 saturated carbocycles. The number of aryl methyl sites for hydroxylation is 1. The van der Waals surface area contributed by atoms with Crippen molar-refractivity contribution in [3.63, 3.8) is 0 Å². The van der Waals surface area contributed by atoms with E-state index < -0.39 is 12.7 Å². The molecule has 2 nitrogen and oxygen atoms in total. The minimum absolute atomic E-state index is 0.336. The summed E-state index contributed by atoms with van der Waals surface area (Å²) in [6.45, 7) is 1.30. The number of thiazole rings is 1. The van der Waals surface area contributed by atoms with Crippen molar-refractivity contribution in [2.45, 2.75) is 17.4 Å². The average Bonchev–Trinajstić information content (AvgIpc) is 2.49. The normalized spacial score (nSPS) is 12.0. The highest BCUT2D eigenvalue weighted by Crippen LogP contribution is 2.21. The lowest BCUT2D eigenvalue weighted by Crippen LogP contribution is -2.30. The van der Waals surface area contributed by atoms with E-state index in [4.69, 9.17) is 0 Å². The van der Waals surface area contributed by atoms with Crippen LogP contribution in [0.25, 0.3) is 0 Å². The Morgan fingerprint density at radius 2 is 2.27 bits per heavy atom. The predicted octanol–water partition coefficient (Wildman–Crippen LogP) is 2.70. The molecule has 0 unspecified atom stereocenters. The highest BCUT2D eigenvalue weighted by atomic mass is 32.2. The minimum atomic E-state index is -4.12. The molecular formula is C8H11F3N2S2. The van der Waals surface area contributed by atoms with Crippen LogP contribution in [0.3, 0.4) is 0 Å². The van der Waals surface area contributed by atoms with E-state index in [9.17, 15) is 13.2 Å². The molecule has 0 bridgehead atoms. The van der Waals surface area contributed by atoms with Crippen molar-refractivity contribution >= 4 is 23.1 Å². The lowest BCUT2D eigenvalue weighted by Gasteiger charge is -2.06. The maximum Gasteiger partial charge on any atom is 0.401 e. The first-order valence-electron chi connectivity index (χ1n) is 4.30. The highest BCUT2D eigenvalue weighted by molar-refractivity contribution is 8.01. The number of aromatic nitrogens is 1. The molecule has 0 saturated heterocycles. The van der Waals surface area contributed by atoms with Crippen molar-refractivity contribution in [3.8, 4) is 0 Å². The molecule has 1 N–H and O–H groups in total. The first kappa shape index (κ1) is 12.8. The molecule has 0 fully saturated rings. The fourth-order valence-electron chi connectivity index (χ4n) is 0.839. The Morgan fingerprint density at radius 3 is 2.80 bits per heavy atom. The molecule has 0 aliphatic rings. The van der Waals surface area contributed by atoms with E-state index in [0.29, 0.717) is 12.3 Å². The highest BCUT2D eigenvalue weighted by Gasteiger charge is 2.25. The Labute approximate surface area is 94.3 Å². The van der Waals surface area contributed by atoms with E-state index >= 15 is 0 Å². The number of rotatable bonds is 5. The summed E-state index contributed by atoms with van der Waals surface area (Å²) in [7, 11) is 0. The average molecular weight is 256 g/mol. The standard InChI is InChI=1S/C8H11F3N2S2/c1-6-4-15-7(13-6)14-3-2-12-5-8(9,10)11/h4,12H,2-3,5H2,1H3. The topological polar surface area (TPSA) is 24.9 Å². The number of alkyl halides is 3. The van der Waals surface area contributed by atoms with E-state index in [2.05, 4.69) is 10.3 Å². The van der Waals surface area contributed by atoms with Gasteiger partial charge in [0.05, 0.1) is 6.54 Å². The second-order valence-electron chi connectivity index (χ2n) is 2.90. The second-order valence-corrected chi connectivity index (χ2v) is 5.10. The van der Waals surface area contributed by atoms with Gasteiger partial charge in [0, 0.05) is 23.4 Å². The molecule has 0 amide bonds. The SMILES string of the molecule is Cc1csc(SCCNCC(F)(F)F)n1. The summed E-state index contributed by atoms with van der Waals surface area (Å²) in [5, 5.41) is 4.26. The van der Waals surface area contributed by atoms with Gasteiger partial charge in [0.25, 0.3) is 0 Å². The van der Waals surface area contributed by atoms with Gasteiger partial charge in [-0.25, -0.2) is 4.98 Å². The Balaban J connectivity index is 2.07. The van der Waals surface area contributed by atoms with Crippen molar-refractivity contribution in [1.29, 1.82) is 0 Å². The molecule has 0 atom stereocenters. The van der Waals surface area contributed by atoms with Gasteiger partial charge in [0.15, 0.2) is 0 Å². The summed E-state index contributed by atoms with van der Waals surface area (Å²) >= 11 is 2.98. The van der Waals surface area contributed by atoms with Gasteiger partial charge in [-0.2, -0.15) is 13.2 Å². The zero-order valence-corrected chi connectivity index (χ0v) is 9.73. The van der Waals surface area contributed by atoms with Crippen molar-refractivity contribution in [1.82, 2.24) is 10.3 Å². The van der Waals surface area contributed by atoms with E-state index in [1.165, 1.54) is 23.1 Å². The molecule has 1 heterocycles. The Kier molecular flexibility index (Phi) is 4.88. The van der Waals surface area contributed by atoms with Crippen LogP contribution in [-0.2, 0) is 0 Å². The van der Waals surface area contributed by atoms with Crippen LogP contribution >= 0.6 is 23.1 Å². The summed E-state index contributed by atoms with van der Waals surface area (Å²) in [6.07, 6.45) is -4.12. The molecule has 0 aromatic carbocycles. The van der Waals surface area contributed by atoms with Gasteiger partial charge in [-0.3, -0.25) is 0 Å². The van der Waals surface area contributed by atoms with Crippen LogP contribution in [0.1, 0.15) is 5.69 Å². The van der Waals surface area contributed by atoms with Gasteiger partial charge in [-0.05, 0) is 6.92 Å². The van der Waals surface area contributed by atoms with Crippen LogP contribution in [0.4, 0.5) is 13.2 Å². The maximum atomic E-state index is 11.7. The predicted molar refractivity (Wildman–Crippen MR) is 56.5 cm³/mol. The fourth-order valence-corrected chi connectivity index (χ4v) is 2.66. The first-order chi connectivity index (χ1) is 6.97. The lowest BCUT2D eigenvalue weighted by atomic mass is 10.6. The maximum absolute atomic E-state index is 11.7. The molecule has 0 aliphatic heterocycles. The van der Waals surface area contributed by atoms with Crippen LogP contribution < -0.4 is 5.32 Å². The summed E-state index contributed by atoms with van der Waals surface area (Å²) in [6, 6.07) is 0. The Bertz CT molecular complexity index is 298. The Morgan fingerprint density at radius 1 is 1.53 bits per heavy atom. The third-order valence-electron chi connectivity index (χ3n) is 1.43. The monoisotopic (exact) mass is 256 g/mol. The molecule has 0 aliphatic carbocycles. The zero-order valence-electron chi connectivity index (χ0n) is 8.10. The van der Waals surface area contributed by atoms with Crippen LogP contribution in [-0.4, -0.2) is 30.0 Å². The molecular weight excluding hydrogens is 245 g/mol. The summed E-state index contributed by atoms with van der Waals surface area (Å²) in [5.74, 6) is 0.600. The largest absolute Gasteiger partial charge is 0.401 e. The summed E-state index contributed by atoms with van der Waals surface area (Å²) < 4.78 is 36.1.